The summed E-state index contributed by atoms with van der Waals surface area (Å²) in [6.07, 6.45) is 0.820. The van der Waals surface area contributed by atoms with Crippen LogP contribution in [0.3, 0.4) is 0 Å². The third-order valence-electron chi connectivity index (χ3n) is 5.17. The summed E-state index contributed by atoms with van der Waals surface area (Å²) in [4.78, 5) is 27.5. The number of carbonyl (C=O) groups is 2. The van der Waals surface area contributed by atoms with Gasteiger partial charge in [-0.15, -0.1) is 0 Å². The van der Waals surface area contributed by atoms with Crippen LogP contribution in [-0.4, -0.2) is 45.2 Å². The molecule has 7 nitrogen and oxygen atoms in total. The molecule has 0 radical (unpaired) electrons. The van der Waals surface area contributed by atoms with E-state index in [0.29, 0.717) is 18.3 Å². The minimum absolute atomic E-state index is 0.0293. The van der Waals surface area contributed by atoms with Gasteiger partial charge in [0.05, 0.1) is 11.4 Å². The maximum absolute atomic E-state index is 13.1. The minimum Gasteiger partial charge on any atom is -0.333 e. The van der Waals surface area contributed by atoms with Crippen LogP contribution in [0.5, 0.6) is 0 Å². The first-order valence-corrected chi connectivity index (χ1v) is 11.7. The van der Waals surface area contributed by atoms with Gasteiger partial charge in [-0.1, -0.05) is 52.8 Å². The molecule has 0 aliphatic heterocycles. The number of aryl methyl sites for hydroxylation is 1. The summed E-state index contributed by atoms with van der Waals surface area (Å²) < 4.78 is 1.78. The Morgan fingerprint density at radius 2 is 1.73 bits per heavy atom. The lowest BCUT2D eigenvalue weighted by molar-refractivity contribution is -0.116. The summed E-state index contributed by atoms with van der Waals surface area (Å²) in [5.41, 5.74) is 2.28. The smallest absolute Gasteiger partial charge is 0.318 e. The molecule has 1 heterocycles. The lowest BCUT2D eigenvalue weighted by Gasteiger charge is -2.28. The fraction of sp³-hybridized carbons (Fsp3) is 0.577. The van der Waals surface area contributed by atoms with Crippen LogP contribution in [0.1, 0.15) is 73.1 Å². The van der Waals surface area contributed by atoms with Crippen LogP contribution in [0.15, 0.2) is 30.3 Å². The molecule has 182 valence electrons. The molecule has 7 heteroatoms. The van der Waals surface area contributed by atoms with E-state index in [9.17, 15) is 9.59 Å². The summed E-state index contributed by atoms with van der Waals surface area (Å²) in [7, 11) is 0. The van der Waals surface area contributed by atoms with E-state index in [2.05, 4.69) is 45.3 Å². The van der Waals surface area contributed by atoms with E-state index in [1.807, 2.05) is 58.0 Å². The average molecular weight is 456 g/mol. The monoisotopic (exact) mass is 455 g/mol. The Morgan fingerprint density at radius 3 is 2.27 bits per heavy atom. The molecule has 0 saturated heterocycles. The molecule has 1 aromatic carbocycles. The molecule has 0 aliphatic carbocycles. The third-order valence-corrected chi connectivity index (χ3v) is 5.17. The highest BCUT2D eigenvalue weighted by Crippen LogP contribution is 2.27. The van der Waals surface area contributed by atoms with Gasteiger partial charge in [-0.2, -0.15) is 5.10 Å². The zero-order valence-corrected chi connectivity index (χ0v) is 21.7. The van der Waals surface area contributed by atoms with Crippen LogP contribution in [0.4, 0.5) is 10.6 Å². The van der Waals surface area contributed by atoms with Gasteiger partial charge >= 0.3 is 6.03 Å². The number of hydrogen-bond acceptors (Lipinski definition) is 3. The van der Waals surface area contributed by atoms with E-state index in [-0.39, 0.29) is 29.4 Å². The van der Waals surface area contributed by atoms with Crippen LogP contribution < -0.4 is 10.6 Å². The molecule has 0 atom stereocenters. The largest absolute Gasteiger partial charge is 0.333 e. The molecule has 2 rings (SSSR count). The van der Waals surface area contributed by atoms with Crippen molar-refractivity contribution in [1.29, 1.82) is 0 Å². The number of amides is 3. The first-order chi connectivity index (χ1) is 15.2. The van der Waals surface area contributed by atoms with Crippen molar-refractivity contribution in [3.8, 4) is 5.69 Å². The molecule has 0 bridgehead atoms. The topological polar surface area (TPSA) is 79.3 Å². The number of nitrogens with zero attached hydrogens (tertiary/aromatic N) is 3. The number of hydrogen-bond donors (Lipinski definition) is 2. The standard InChI is InChI=1S/C26H41N5O2/c1-18(2)14-15-30(24(33)28-26(7,8)9)17-23(32)27-22-16-21(25(4,5)6)29-31(22)20-13-11-10-12-19(20)3/h10-13,16,18H,14-15,17H2,1-9H3,(H,27,32)(H,28,33). The van der Waals surface area contributed by atoms with Crippen molar-refractivity contribution in [2.75, 3.05) is 18.4 Å². The van der Waals surface area contributed by atoms with Gasteiger partial charge in [0.25, 0.3) is 0 Å². The number of rotatable bonds is 7. The summed E-state index contributed by atoms with van der Waals surface area (Å²) in [6, 6.07) is 9.61. The molecule has 0 saturated carbocycles. The number of benzene rings is 1. The van der Waals surface area contributed by atoms with Crippen molar-refractivity contribution in [2.45, 2.75) is 79.7 Å². The Labute approximate surface area is 198 Å². The summed E-state index contributed by atoms with van der Waals surface area (Å²) in [6.45, 7) is 18.8. The number of anilines is 1. The van der Waals surface area contributed by atoms with Gasteiger partial charge in [-0.05, 0) is 51.7 Å². The van der Waals surface area contributed by atoms with Crippen LogP contribution >= 0.6 is 0 Å². The lowest BCUT2D eigenvalue weighted by atomic mass is 9.92. The fourth-order valence-corrected chi connectivity index (χ4v) is 3.24. The van der Waals surface area contributed by atoms with Crippen LogP contribution in [0.25, 0.3) is 5.69 Å². The highest BCUT2D eigenvalue weighted by atomic mass is 16.2. The number of para-hydroxylation sites is 1. The summed E-state index contributed by atoms with van der Waals surface area (Å²) in [5, 5.41) is 10.8. The fourth-order valence-electron chi connectivity index (χ4n) is 3.24. The SMILES string of the molecule is Cc1ccccc1-n1nc(C(C)(C)C)cc1NC(=O)CN(CCC(C)C)C(=O)NC(C)(C)C. The molecule has 2 N–H and O–H groups in total. The number of urea groups is 1. The predicted octanol–water partition coefficient (Wildman–Crippen LogP) is 5.27. The zero-order valence-electron chi connectivity index (χ0n) is 21.7. The molecular formula is C26H41N5O2. The van der Waals surface area contributed by atoms with E-state index in [0.717, 1.165) is 23.4 Å². The minimum atomic E-state index is -0.380. The van der Waals surface area contributed by atoms with Gasteiger partial charge in [0.1, 0.15) is 12.4 Å². The van der Waals surface area contributed by atoms with Gasteiger partial charge in [-0.25, -0.2) is 9.48 Å². The van der Waals surface area contributed by atoms with Crippen LogP contribution in [-0.2, 0) is 10.2 Å². The predicted molar refractivity (Wildman–Crippen MR) is 135 cm³/mol. The van der Waals surface area contributed by atoms with E-state index in [1.54, 1.807) is 9.58 Å². The normalized spacial score (nSPS) is 12.1. The average Bonchev–Trinajstić information content (AvgIpc) is 3.07. The van der Waals surface area contributed by atoms with E-state index >= 15 is 0 Å². The molecule has 2 aromatic rings. The van der Waals surface area contributed by atoms with Gasteiger partial charge in [-0.3, -0.25) is 4.79 Å². The first kappa shape index (κ1) is 26.4. The Hall–Kier alpha value is -2.83. The molecule has 0 fully saturated rings. The van der Waals surface area contributed by atoms with Crippen molar-refractivity contribution < 1.29 is 9.59 Å². The zero-order chi connectivity index (χ0) is 25.0. The van der Waals surface area contributed by atoms with Gasteiger partial charge in [0.2, 0.25) is 5.91 Å². The van der Waals surface area contributed by atoms with E-state index in [4.69, 9.17) is 5.10 Å². The second-order valence-electron chi connectivity index (χ2n) is 11.2. The van der Waals surface area contributed by atoms with Crippen molar-refractivity contribution >= 4 is 17.8 Å². The second-order valence-corrected chi connectivity index (χ2v) is 11.2. The van der Waals surface area contributed by atoms with Crippen molar-refractivity contribution in [2.24, 2.45) is 5.92 Å². The van der Waals surface area contributed by atoms with Crippen LogP contribution in [0.2, 0.25) is 0 Å². The highest BCUT2D eigenvalue weighted by molar-refractivity contribution is 5.94. The van der Waals surface area contributed by atoms with Gasteiger partial charge in [0.15, 0.2) is 0 Å². The summed E-state index contributed by atoms with van der Waals surface area (Å²) in [5.74, 6) is 0.770. The number of nitrogens with one attached hydrogen (secondary N) is 2. The molecule has 0 aliphatic rings. The van der Waals surface area contributed by atoms with Gasteiger partial charge in [0, 0.05) is 23.6 Å². The summed E-state index contributed by atoms with van der Waals surface area (Å²) >= 11 is 0. The Balaban J connectivity index is 2.30. The maximum Gasteiger partial charge on any atom is 0.318 e. The van der Waals surface area contributed by atoms with Crippen LogP contribution in [0, 0.1) is 12.8 Å². The van der Waals surface area contributed by atoms with Crippen molar-refractivity contribution in [3.05, 3.63) is 41.6 Å². The highest BCUT2D eigenvalue weighted by Gasteiger charge is 2.25. The third kappa shape index (κ3) is 7.91. The Bertz CT molecular complexity index is 964. The van der Waals surface area contributed by atoms with Crippen molar-refractivity contribution in [1.82, 2.24) is 20.0 Å². The second kappa shape index (κ2) is 10.4. The molecular weight excluding hydrogens is 414 g/mol. The molecule has 3 amide bonds. The number of aromatic nitrogens is 2. The Kier molecular flexibility index (Phi) is 8.33. The van der Waals surface area contributed by atoms with E-state index in [1.165, 1.54) is 0 Å². The van der Waals surface area contributed by atoms with Gasteiger partial charge < -0.3 is 15.5 Å². The first-order valence-electron chi connectivity index (χ1n) is 11.7. The molecule has 0 spiro atoms. The quantitative estimate of drug-likeness (QED) is 0.597. The molecule has 1 aromatic heterocycles. The molecule has 33 heavy (non-hydrogen) atoms. The molecule has 0 unspecified atom stereocenters. The number of carbonyl (C=O) groups excluding carboxylic acids is 2. The lowest BCUT2D eigenvalue weighted by Crippen LogP contribution is -2.50. The van der Waals surface area contributed by atoms with E-state index < -0.39 is 0 Å². The maximum atomic E-state index is 13.1. The Morgan fingerprint density at radius 1 is 1.09 bits per heavy atom. The van der Waals surface area contributed by atoms with Crippen molar-refractivity contribution in [3.63, 3.8) is 0 Å².